The van der Waals surface area contributed by atoms with Crippen molar-refractivity contribution in [3.63, 3.8) is 0 Å². The largest absolute Gasteiger partial charge is 0.271 e. The standard InChI is InChI=1S/C15H17ClFN3/c16-14-4-1-5-15(17)13(14)9-12(20-18)7-6-11-3-2-8-19-10-11/h1-5,8,10,12,20H,6-7,9,18H2. The molecule has 0 spiro atoms. The number of aryl methyl sites for hydroxylation is 1. The zero-order valence-electron chi connectivity index (χ0n) is 11.0. The van der Waals surface area contributed by atoms with E-state index in [0.717, 1.165) is 18.4 Å². The first kappa shape index (κ1) is 14.9. The summed E-state index contributed by atoms with van der Waals surface area (Å²) in [5.74, 6) is 5.26. The van der Waals surface area contributed by atoms with Crippen molar-refractivity contribution >= 4 is 11.6 Å². The smallest absolute Gasteiger partial charge is 0.127 e. The van der Waals surface area contributed by atoms with E-state index in [0.29, 0.717) is 17.0 Å². The molecule has 0 aliphatic rings. The van der Waals surface area contributed by atoms with Crippen molar-refractivity contribution in [2.75, 3.05) is 0 Å². The second-order valence-electron chi connectivity index (χ2n) is 4.67. The number of hydrazine groups is 1. The molecule has 1 unspecified atom stereocenters. The average Bonchev–Trinajstić information content (AvgIpc) is 2.47. The van der Waals surface area contributed by atoms with Crippen molar-refractivity contribution in [2.45, 2.75) is 25.3 Å². The number of hydrogen-bond donors (Lipinski definition) is 2. The van der Waals surface area contributed by atoms with Crippen LogP contribution in [0.25, 0.3) is 0 Å². The highest BCUT2D eigenvalue weighted by molar-refractivity contribution is 6.31. The molecule has 0 bridgehead atoms. The Morgan fingerprint density at radius 1 is 1.30 bits per heavy atom. The van der Waals surface area contributed by atoms with E-state index in [4.69, 9.17) is 17.4 Å². The molecule has 0 aliphatic carbocycles. The molecule has 0 saturated heterocycles. The van der Waals surface area contributed by atoms with Crippen LogP contribution in [0.5, 0.6) is 0 Å². The van der Waals surface area contributed by atoms with Crippen LogP contribution in [0.2, 0.25) is 5.02 Å². The van der Waals surface area contributed by atoms with Crippen LogP contribution in [0.1, 0.15) is 17.5 Å². The summed E-state index contributed by atoms with van der Waals surface area (Å²) in [5, 5.41) is 0.437. The van der Waals surface area contributed by atoms with Crippen LogP contribution in [-0.4, -0.2) is 11.0 Å². The first-order valence-electron chi connectivity index (χ1n) is 6.48. The molecule has 0 fully saturated rings. The molecule has 2 aromatic rings. The number of halogens is 2. The van der Waals surface area contributed by atoms with Gasteiger partial charge >= 0.3 is 0 Å². The summed E-state index contributed by atoms with van der Waals surface area (Å²) in [7, 11) is 0. The minimum atomic E-state index is -0.292. The Bertz CT molecular complexity index is 528. The summed E-state index contributed by atoms with van der Waals surface area (Å²) in [6.45, 7) is 0. The first-order valence-corrected chi connectivity index (χ1v) is 6.86. The number of nitrogens with two attached hydrogens (primary N) is 1. The maximum atomic E-state index is 13.7. The minimum absolute atomic E-state index is 0.0374. The first-order chi connectivity index (χ1) is 9.70. The van der Waals surface area contributed by atoms with E-state index >= 15 is 0 Å². The summed E-state index contributed by atoms with van der Waals surface area (Å²) >= 11 is 6.03. The molecular weight excluding hydrogens is 277 g/mol. The van der Waals surface area contributed by atoms with Gasteiger partial charge in [-0.15, -0.1) is 0 Å². The lowest BCUT2D eigenvalue weighted by Crippen LogP contribution is -2.37. The van der Waals surface area contributed by atoms with Crippen LogP contribution in [0.15, 0.2) is 42.7 Å². The Morgan fingerprint density at radius 2 is 2.15 bits per heavy atom. The Labute approximate surface area is 122 Å². The van der Waals surface area contributed by atoms with Gasteiger partial charge < -0.3 is 0 Å². The maximum absolute atomic E-state index is 13.7. The summed E-state index contributed by atoms with van der Waals surface area (Å²) in [6, 6.07) is 8.57. The fraction of sp³-hybridized carbons (Fsp3) is 0.267. The summed E-state index contributed by atoms with van der Waals surface area (Å²) < 4.78 is 13.7. The summed E-state index contributed by atoms with van der Waals surface area (Å²) in [4.78, 5) is 4.07. The van der Waals surface area contributed by atoms with E-state index in [-0.39, 0.29) is 11.9 Å². The SMILES string of the molecule is NNC(CCc1cccnc1)Cc1c(F)cccc1Cl. The van der Waals surface area contributed by atoms with Crippen LogP contribution < -0.4 is 11.3 Å². The molecule has 0 aliphatic heterocycles. The van der Waals surface area contributed by atoms with Crippen LogP contribution in [-0.2, 0) is 12.8 Å². The van der Waals surface area contributed by atoms with Gasteiger partial charge in [0.05, 0.1) is 0 Å². The van der Waals surface area contributed by atoms with Crippen molar-refractivity contribution in [2.24, 2.45) is 5.84 Å². The normalized spacial score (nSPS) is 12.3. The molecule has 1 atom stereocenters. The highest BCUT2D eigenvalue weighted by atomic mass is 35.5. The number of benzene rings is 1. The topological polar surface area (TPSA) is 50.9 Å². The van der Waals surface area contributed by atoms with Gasteiger partial charge in [-0.25, -0.2) is 4.39 Å². The molecule has 3 N–H and O–H groups in total. The molecule has 0 amide bonds. The predicted octanol–water partition coefficient (Wildman–Crippen LogP) is 2.88. The van der Waals surface area contributed by atoms with E-state index in [1.165, 1.54) is 6.07 Å². The number of hydrogen-bond acceptors (Lipinski definition) is 3. The zero-order chi connectivity index (χ0) is 14.4. The number of nitrogens with zero attached hydrogens (tertiary/aromatic N) is 1. The number of pyridine rings is 1. The van der Waals surface area contributed by atoms with Gasteiger partial charge in [-0.2, -0.15) is 0 Å². The monoisotopic (exact) mass is 293 g/mol. The van der Waals surface area contributed by atoms with Crippen molar-refractivity contribution in [3.05, 3.63) is 64.7 Å². The second kappa shape index (κ2) is 7.33. The lowest BCUT2D eigenvalue weighted by Gasteiger charge is -2.17. The van der Waals surface area contributed by atoms with E-state index in [1.807, 2.05) is 18.3 Å². The van der Waals surface area contributed by atoms with Crippen LogP contribution >= 0.6 is 11.6 Å². The van der Waals surface area contributed by atoms with E-state index in [2.05, 4.69) is 10.4 Å². The van der Waals surface area contributed by atoms with Gasteiger partial charge in [0.25, 0.3) is 0 Å². The van der Waals surface area contributed by atoms with Gasteiger partial charge in [0, 0.05) is 29.0 Å². The fourth-order valence-corrected chi connectivity index (χ4v) is 2.35. The van der Waals surface area contributed by atoms with Gasteiger partial charge in [-0.05, 0) is 43.0 Å². The lowest BCUT2D eigenvalue weighted by molar-refractivity contribution is 0.480. The Balaban J connectivity index is 1.99. The Morgan fingerprint density at radius 3 is 2.80 bits per heavy atom. The average molecular weight is 294 g/mol. The van der Waals surface area contributed by atoms with E-state index in [1.54, 1.807) is 18.3 Å². The van der Waals surface area contributed by atoms with Gasteiger partial charge in [0.15, 0.2) is 0 Å². The minimum Gasteiger partial charge on any atom is -0.271 e. The van der Waals surface area contributed by atoms with Gasteiger partial charge in [0.2, 0.25) is 0 Å². The van der Waals surface area contributed by atoms with Crippen LogP contribution in [0.4, 0.5) is 4.39 Å². The van der Waals surface area contributed by atoms with Crippen molar-refractivity contribution in [1.29, 1.82) is 0 Å². The Kier molecular flexibility index (Phi) is 5.47. The van der Waals surface area contributed by atoms with E-state index in [9.17, 15) is 4.39 Å². The van der Waals surface area contributed by atoms with E-state index < -0.39 is 0 Å². The summed E-state index contributed by atoms with van der Waals surface area (Å²) in [5.41, 5.74) is 4.36. The third-order valence-corrected chi connectivity index (χ3v) is 3.61. The lowest BCUT2D eigenvalue weighted by atomic mass is 10.00. The van der Waals surface area contributed by atoms with Gasteiger partial charge in [-0.3, -0.25) is 16.3 Å². The predicted molar refractivity (Wildman–Crippen MR) is 78.8 cm³/mol. The summed E-state index contributed by atoms with van der Waals surface area (Å²) in [6.07, 6.45) is 5.63. The van der Waals surface area contributed by atoms with Crippen molar-refractivity contribution in [1.82, 2.24) is 10.4 Å². The molecule has 1 aromatic heterocycles. The van der Waals surface area contributed by atoms with Crippen molar-refractivity contribution in [3.8, 4) is 0 Å². The molecule has 0 radical (unpaired) electrons. The third kappa shape index (κ3) is 4.00. The molecule has 3 nitrogen and oxygen atoms in total. The molecular formula is C15H17ClFN3. The molecule has 0 saturated carbocycles. The maximum Gasteiger partial charge on any atom is 0.127 e. The molecule has 1 heterocycles. The quantitative estimate of drug-likeness (QED) is 0.636. The molecule has 20 heavy (non-hydrogen) atoms. The number of rotatable bonds is 6. The van der Waals surface area contributed by atoms with Gasteiger partial charge in [0.1, 0.15) is 5.82 Å². The van der Waals surface area contributed by atoms with Crippen LogP contribution in [0.3, 0.4) is 0 Å². The van der Waals surface area contributed by atoms with Crippen molar-refractivity contribution < 1.29 is 4.39 Å². The number of nitrogens with one attached hydrogen (secondary N) is 1. The second-order valence-corrected chi connectivity index (χ2v) is 5.08. The number of aromatic nitrogens is 1. The molecule has 1 aromatic carbocycles. The molecule has 5 heteroatoms. The molecule has 106 valence electrons. The zero-order valence-corrected chi connectivity index (χ0v) is 11.8. The van der Waals surface area contributed by atoms with Gasteiger partial charge in [-0.1, -0.05) is 23.7 Å². The van der Waals surface area contributed by atoms with Crippen LogP contribution in [0, 0.1) is 5.82 Å². The highest BCUT2D eigenvalue weighted by Gasteiger charge is 2.14. The third-order valence-electron chi connectivity index (χ3n) is 3.25. The molecule has 2 rings (SSSR count). The fourth-order valence-electron chi connectivity index (χ4n) is 2.10. The Hall–Kier alpha value is -1.49. The highest BCUT2D eigenvalue weighted by Crippen LogP contribution is 2.21.